The van der Waals surface area contributed by atoms with Gasteiger partial charge >= 0.3 is 5.97 Å². The number of rotatable bonds is 6. The van der Waals surface area contributed by atoms with E-state index in [2.05, 4.69) is 5.32 Å². The second kappa shape index (κ2) is 9.41. The molecule has 0 saturated carbocycles. The van der Waals surface area contributed by atoms with Crippen LogP contribution in [0.2, 0.25) is 5.02 Å². The van der Waals surface area contributed by atoms with Crippen LogP contribution < -0.4 is 10.1 Å². The van der Waals surface area contributed by atoms with Crippen LogP contribution in [0.3, 0.4) is 0 Å². The monoisotopic (exact) mass is 473 g/mol. The number of piperidine rings is 1. The van der Waals surface area contributed by atoms with Crippen molar-refractivity contribution in [1.29, 1.82) is 0 Å². The highest BCUT2D eigenvalue weighted by molar-refractivity contribution is 7.89. The van der Waals surface area contributed by atoms with Gasteiger partial charge in [-0.25, -0.2) is 8.42 Å². The number of carbonyl (C=O) groups excluding carboxylic acids is 3. The fourth-order valence-corrected chi connectivity index (χ4v) is 5.11. The lowest BCUT2D eigenvalue weighted by Crippen LogP contribution is -2.47. The van der Waals surface area contributed by atoms with Gasteiger partial charge in [-0.3, -0.25) is 14.4 Å². The first kappa shape index (κ1) is 23.3. The molecule has 0 aliphatic carbocycles. The van der Waals surface area contributed by atoms with E-state index in [1.165, 1.54) is 24.1 Å². The van der Waals surface area contributed by atoms with Crippen molar-refractivity contribution in [3.63, 3.8) is 0 Å². The maximum Gasteiger partial charge on any atom is 0.310 e. The Morgan fingerprint density at radius 2 is 2.13 bits per heavy atom. The highest BCUT2D eigenvalue weighted by Crippen LogP contribution is 2.36. The number of esters is 1. The molecule has 0 bridgehead atoms. The number of benzene rings is 1. The van der Waals surface area contributed by atoms with Crippen LogP contribution in [0, 0.1) is 5.92 Å². The number of amides is 2. The number of likely N-dealkylation sites (tertiary alicyclic amines) is 1. The minimum absolute atomic E-state index is 0.107. The van der Waals surface area contributed by atoms with Crippen molar-refractivity contribution in [3.05, 3.63) is 17.2 Å². The lowest BCUT2D eigenvalue weighted by molar-refractivity contribution is -0.151. The van der Waals surface area contributed by atoms with Crippen molar-refractivity contribution >= 4 is 45.1 Å². The zero-order valence-electron chi connectivity index (χ0n) is 17.2. The van der Waals surface area contributed by atoms with E-state index in [1.807, 2.05) is 0 Å². The van der Waals surface area contributed by atoms with Crippen molar-refractivity contribution in [3.8, 4) is 5.75 Å². The molecule has 1 fully saturated rings. The zero-order chi connectivity index (χ0) is 22.8. The number of ether oxygens (including phenoxy) is 2. The normalized spacial score (nSPS) is 18.8. The molecule has 1 N–H and O–H groups in total. The van der Waals surface area contributed by atoms with Gasteiger partial charge in [-0.05, 0) is 25.8 Å². The molecule has 0 radical (unpaired) electrons. The summed E-state index contributed by atoms with van der Waals surface area (Å²) < 4.78 is 37.3. The molecule has 1 aromatic rings. The Morgan fingerprint density at radius 3 is 2.84 bits per heavy atom. The zero-order valence-corrected chi connectivity index (χ0v) is 18.8. The van der Waals surface area contributed by atoms with Crippen LogP contribution in [-0.2, 0) is 29.1 Å². The van der Waals surface area contributed by atoms with Gasteiger partial charge in [-0.15, -0.1) is 0 Å². The molecule has 12 heteroatoms. The Bertz CT molecular complexity index is 998. The average molecular weight is 474 g/mol. The predicted molar refractivity (Wildman–Crippen MR) is 111 cm³/mol. The van der Waals surface area contributed by atoms with Gasteiger partial charge in [-0.2, -0.15) is 4.31 Å². The van der Waals surface area contributed by atoms with E-state index in [0.717, 1.165) is 4.31 Å². The topological polar surface area (TPSA) is 122 Å². The molecule has 2 aliphatic heterocycles. The summed E-state index contributed by atoms with van der Waals surface area (Å²) in [5.41, 5.74) is 0.275. The number of nitrogens with zero attached hydrogens (tertiary/aromatic N) is 2. The molecule has 0 unspecified atom stereocenters. The van der Waals surface area contributed by atoms with Crippen molar-refractivity contribution < 1.29 is 32.3 Å². The standard InChI is InChI=1S/C19H24ClN3O7S/c1-3-29-19(26)12-5-4-6-23(9-12)18(25)10-22(2)31(27,28)16-8-15-14(7-13(16)20)21-17(24)11-30-15/h7-8,12H,3-6,9-11H2,1-2H3,(H,21,24)/t12-/m1/s1. The van der Waals surface area contributed by atoms with Crippen molar-refractivity contribution in [2.24, 2.45) is 5.92 Å². The largest absolute Gasteiger partial charge is 0.482 e. The van der Waals surface area contributed by atoms with Gasteiger partial charge in [0, 0.05) is 26.2 Å². The Morgan fingerprint density at radius 1 is 1.39 bits per heavy atom. The molecule has 0 spiro atoms. The number of hydrogen-bond donors (Lipinski definition) is 1. The Balaban J connectivity index is 1.72. The van der Waals surface area contributed by atoms with Crippen molar-refractivity contribution in [2.45, 2.75) is 24.7 Å². The van der Waals surface area contributed by atoms with Crippen molar-refractivity contribution in [1.82, 2.24) is 9.21 Å². The second-order valence-corrected chi connectivity index (χ2v) is 9.73. The van der Waals surface area contributed by atoms with Crippen LogP contribution in [0.1, 0.15) is 19.8 Å². The Labute approximate surface area is 185 Å². The SMILES string of the molecule is CCOC(=O)[C@@H]1CCCN(C(=O)CN(C)S(=O)(=O)c2cc3c(cc2Cl)NC(=O)CO3)C1. The van der Waals surface area contributed by atoms with Crippen LogP contribution in [0.25, 0.3) is 0 Å². The number of nitrogens with one attached hydrogen (secondary N) is 1. The van der Waals surface area contributed by atoms with Gasteiger partial charge in [0.25, 0.3) is 5.91 Å². The summed E-state index contributed by atoms with van der Waals surface area (Å²) in [7, 11) is -2.84. The molecule has 1 aromatic carbocycles. The van der Waals surface area contributed by atoms with Crippen LogP contribution in [0.5, 0.6) is 5.75 Å². The smallest absolute Gasteiger partial charge is 0.310 e. The summed E-state index contributed by atoms with van der Waals surface area (Å²) in [5.74, 6) is -1.38. The van der Waals surface area contributed by atoms with Crippen LogP contribution in [0.4, 0.5) is 5.69 Å². The van der Waals surface area contributed by atoms with E-state index in [0.29, 0.717) is 19.4 Å². The number of hydrogen-bond acceptors (Lipinski definition) is 7. The molecular weight excluding hydrogens is 450 g/mol. The highest BCUT2D eigenvalue weighted by atomic mass is 35.5. The number of carbonyl (C=O) groups is 3. The van der Waals surface area contributed by atoms with E-state index in [-0.39, 0.29) is 53.0 Å². The number of halogens is 1. The first-order chi connectivity index (χ1) is 14.6. The second-order valence-electron chi connectivity index (χ2n) is 7.31. The Hall–Kier alpha value is -2.37. The average Bonchev–Trinajstić information content (AvgIpc) is 2.73. The summed E-state index contributed by atoms with van der Waals surface area (Å²) in [5, 5.41) is 2.44. The molecule has 1 atom stereocenters. The number of sulfonamides is 1. The first-order valence-corrected chi connectivity index (χ1v) is 11.6. The van der Waals surface area contributed by atoms with Crippen molar-refractivity contribution in [2.75, 3.05) is 45.2 Å². The molecular formula is C19H24ClN3O7S. The van der Waals surface area contributed by atoms with Gasteiger partial charge in [0.2, 0.25) is 15.9 Å². The fraction of sp³-hybridized carbons (Fsp3) is 0.526. The molecule has 170 valence electrons. The van der Waals surface area contributed by atoms with E-state index < -0.39 is 28.4 Å². The van der Waals surface area contributed by atoms with E-state index >= 15 is 0 Å². The summed E-state index contributed by atoms with van der Waals surface area (Å²) in [6.07, 6.45) is 1.25. The lowest BCUT2D eigenvalue weighted by atomic mass is 9.98. The third kappa shape index (κ3) is 5.10. The quantitative estimate of drug-likeness (QED) is 0.613. The van der Waals surface area contributed by atoms with Gasteiger partial charge in [0.15, 0.2) is 6.61 Å². The summed E-state index contributed by atoms with van der Waals surface area (Å²) >= 11 is 6.15. The Kier molecular flexibility index (Phi) is 7.07. The van der Waals surface area contributed by atoms with Crippen LogP contribution in [0.15, 0.2) is 17.0 Å². The number of likely N-dealkylation sites (N-methyl/N-ethyl adjacent to an activating group) is 1. The van der Waals surface area contributed by atoms with Gasteiger partial charge in [0.1, 0.15) is 10.6 Å². The molecule has 0 aromatic heterocycles. The molecule has 2 heterocycles. The van der Waals surface area contributed by atoms with E-state index in [1.54, 1.807) is 6.92 Å². The third-order valence-corrected chi connectivity index (χ3v) is 7.38. The highest BCUT2D eigenvalue weighted by Gasteiger charge is 2.33. The lowest BCUT2D eigenvalue weighted by Gasteiger charge is -2.32. The summed E-state index contributed by atoms with van der Waals surface area (Å²) in [4.78, 5) is 37.4. The third-order valence-electron chi connectivity index (χ3n) is 5.11. The minimum Gasteiger partial charge on any atom is -0.482 e. The molecule has 31 heavy (non-hydrogen) atoms. The van der Waals surface area contributed by atoms with Crippen LogP contribution in [-0.4, -0.2) is 75.3 Å². The maximum atomic E-state index is 13.0. The summed E-state index contributed by atoms with van der Waals surface area (Å²) in [6, 6.07) is 2.52. The molecule has 10 nitrogen and oxygen atoms in total. The molecule has 3 rings (SSSR count). The molecule has 1 saturated heterocycles. The van der Waals surface area contributed by atoms with Crippen LogP contribution >= 0.6 is 11.6 Å². The van der Waals surface area contributed by atoms with Gasteiger partial charge < -0.3 is 19.7 Å². The van der Waals surface area contributed by atoms with Gasteiger partial charge in [0.05, 0.1) is 29.8 Å². The van der Waals surface area contributed by atoms with E-state index in [9.17, 15) is 22.8 Å². The maximum absolute atomic E-state index is 13.0. The molecule has 2 amide bonds. The number of fused-ring (bicyclic) bond motifs is 1. The molecule has 2 aliphatic rings. The predicted octanol–water partition coefficient (Wildman–Crippen LogP) is 1.09. The minimum atomic E-state index is -4.12. The summed E-state index contributed by atoms with van der Waals surface area (Å²) in [6.45, 7) is 1.96. The number of anilines is 1. The first-order valence-electron chi connectivity index (χ1n) is 9.80. The fourth-order valence-electron chi connectivity index (χ4n) is 3.48. The van der Waals surface area contributed by atoms with Gasteiger partial charge in [-0.1, -0.05) is 11.6 Å². The van der Waals surface area contributed by atoms with E-state index in [4.69, 9.17) is 21.1 Å².